The molecule has 1 saturated heterocycles. The Hall–Kier alpha value is -2.56. The van der Waals surface area contributed by atoms with Crippen molar-refractivity contribution in [3.05, 3.63) is 84.4 Å². The van der Waals surface area contributed by atoms with Crippen LogP contribution in [0, 0.1) is 0 Å². The molecule has 3 aromatic carbocycles. The molecule has 0 bridgehead atoms. The first-order valence-corrected chi connectivity index (χ1v) is 10.7. The Morgan fingerprint density at radius 1 is 0.700 bits per heavy atom. The van der Waals surface area contributed by atoms with Gasteiger partial charge in [0.2, 0.25) is 0 Å². The minimum Gasteiger partial charge on any atom is -0.399 e. The molecule has 30 heavy (non-hydrogen) atoms. The van der Waals surface area contributed by atoms with Crippen molar-refractivity contribution in [2.75, 3.05) is 4.90 Å². The van der Waals surface area contributed by atoms with Crippen LogP contribution < -0.4 is 10.4 Å². The monoisotopic (exact) mass is 399 g/mol. The van der Waals surface area contributed by atoms with Crippen molar-refractivity contribution in [3.63, 3.8) is 0 Å². The highest BCUT2D eigenvalue weighted by Gasteiger charge is 2.51. The van der Waals surface area contributed by atoms with Crippen molar-refractivity contribution < 1.29 is 9.31 Å². The molecule has 1 heterocycles. The Bertz CT molecular complexity index is 1000. The lowest BCUT2D eigenvalue weighted by Gasteiger charge is -2.32. The Morgan fingerprint density at radius 2 is 1.27 bits per heavy atom. The van der Waals surface area contributed by atoms with Gasteiger partial charge in [0.05, 0.1) is 11.2 Å². The zero-order valence-corrected chi connectivity index (χ0v) is 18.6. The Kier molecular flexibility index (Phi) is 5.48. The van der Waals surface area contributed by atoms with E-state index in [2.05, 4.69) is 112 Å². The van der Waals surface area contributed by atoms with Crippen LogP contribution in [0.4, 0.5) is 17.1 Å². The zero-order valence-electron chi connectivity index (χ0n) is 18.6. The van der Waals surface area contributed by atoms with Gasteiger partial charge in [0, 0.05) is 17.1 Å². The van der Waals surface area contributed by atoms with E-state index in [0.717, 1.165) is 28.9 Å². The summed E-state index contributed by atoms with van der Waals surface area (Å²) in [5.74, 6) is 0. The largest absolute Gasteiger partial charge is 0.494 e. The summed E-state index contributed by atoms with van der Waals surface area (Å²) in [6.07, 6.45) is 1.00. The third kappa shape index (κ3) is 3.90. The van der Waals surface area contributed by atoms with Gasteiger partial charge in [-0.05, 0) is 81.5 Å². The molecule has 0 amide bonds. The quantitative estimate of drug-likeness (QED) is 0.490. The molecule has 0 spiro atoms. The fourth-order valence-electron chi connectivity index (χ4n) is 3.73. The number of para-hydroxylation sites is 1. The molecule has 0 N–H and O–H groups in total. The smallest absolute Gasteiger partial charge is 0.399 e. The first-order chi connectivity index (χ1) is 14.3. The van der Waals surface area contributed by atoms with E-state index in [-0.39, 0.29) is 18.3 Å². The van der Waals surface area contributed by atoms with Crippen molar-refractivity contribution in [3.8, 4) is 0 Å². The fraction of sp³-hybridized carbons (Fsp3) is 0.308. The summed E-state index contributed by atoms with van der Waals surface area (Å²) in [6.45, 7) is 10.5. The highest BCUT2D eigenvalue weighted by molar-refractivity contribution is 6.62. The summed E-state index contributed by atoms with van der Waals surface area (Å²) in [7, 11) is -0.380. The first kappa shape index (κ1) is 20.7. The van der Waals surface area contributed by atoms with Crippen LogP contribution in [0.5, 0.6) is 0 Å². The lowest BCUT2D eigenvalue weighted by molar-refractivity contribution is 0.00578. The van der Waals surface area contributed by atoms with E-state index in [1.165, 1.54) is 5.56 Å². The number of nitrogens with zero attached hydrogens (tertiary/aromatic N) is 1. The number of benzene rings is 3. The molecule has 1 aliphatic rings. The number of aryl methyl sites for hydroxylation is 1. The Balaban J connectivity index is 1.76. The predicted octanol–water partition coefficient (Wildman–Crippen LogP) is 6.02. The molecular weight excluding hydrogens is 369 g/mol. The molecule has 3 aromatic rings. The van der Waals surface area contributed by atoms with Gasteiger partial charge in [0.15, 0.2) is 0 Å². The number of anilines is 3. The molecule has 0 radical (unpaired) electrons. The van der Waals surface area contributed by atoms with Gasteiger partial charge < -0.3 is 14.2 Å². The van der Waals surface area contributed by atoms with Crippen molar-refractivity contribution in [2.45, 2.75) is 52.2 Å². The normalized spacial score (nSPS) is 17.2. The Morgan fingerprint density at radius 3 is 1.90 bits per heavy atom. The van der Waals surface area contributed by atoms with E-state index >= 15 is 0 Å². The van der Waals surface area contributed by atoms with Crippen LogP contribution in [-0.2, 0) is 15.7 Å². The summed E-state index contributed by atoms with van der Waals surface area (Å²) < 4.78 is 12.6. The third-order valence-electron chi connectivity index (χ3n) is 6.25. The maximum absolute atomic E-state index is 6.29. The molecule has 1 fully saturated rings. The van der Waals surface area contributed by atoms with E-state index in [4.69, 9.17) is 9.31 Å². The first-order valence-electron chi connectivity index (χ1n) is 10.7. The van der Waals surface area contributed by atoms with Crippen molar-refractivity contribution in [1.29, 1.82) is 0 Å². The van der Waals surface area contributed by atoms with Gasteiger partial charge in [-0.2, -0.15) is 0 Å². The van der Waals surface area contributed by atoms with Gasteiger partial charge >= 0.3 is 7.12 Å². The SMILES string of the molecule is CCc1cccc(N(c2ccccc2)c2cccc(B3OC(C)(C)C(C)(C)O3)c2)c1. The molecule has 4 heteroatoms. The predicted molar refractivity (Wildman–Crippen MR) is 126 cm³/mol. The average Bonchev–Trinajstić information content (AvgIpc) is 2.97. The number of hydrogen-bond donors (Lipinski definition) is 0. The topological polar surface area (TPSA) is 21.7 Å². The summed E-state index contributed by atoms with van der Waals surface area (Å²) >= 11 is 0. The second-order valence-corrected chi connectivity index (χ2v) is 8.88. The van der Waals surface area contributed by atoms with E-state index in [0.29, 0.717) is 0 Å². The molecule has 3 nitrogen and oxygen atoms in total. The zero-order chi connectivity index (χ0) is 21.4. The van der Waals surface area contributed by atoms with Gasteiger partial charge in [-0.15, -0.1) is 0 Å². The third-order valence-corrected chi connectivity index (χ3v) is 6.25. The van der Waals surface area contributed by atoms with Gasteiger partial charge in [-0.25, -0.2) is 0 Å². The second-order valence-electron chi connectivity index (χ2n) is 8.88. The van der Waals surface area contributed by atoms with Gasteiger partial charge in [-0.1, -0.05) is 49.4 Å². The molecule has 154 valence electrons. The number of hydrogen-bond acceptors (Lipinski definition) is 3. The fourth-order valence-corrected chi connectivity index (χ4v) is 3.73. The molecule has 0 aromatic heterocycles. The van der Waals surface area contributed by atoms with Crippen LogP contribution in [0.2, 0.25) is 0 Å². The molecule has 4 rings (SSSR count). The van der Waals surface area contributed by atoms with E-state index in [9.17, 15) is 0 Å². The van der Waals surface area contributed by atoms with Crippen LogP contribution in [0.1, 0.15) is 40.2 Å². The Labute approximate surface area is 180 Å². The van der Waals surface area contributed by atoms with Crippen LogP contribution in [0.15, 0.2) is 78.9 Å². The molecule has 0 saturated carbocycles. The summed E-state index contributed by atoms with van der Waals surface area (Å²) in [6, 6.07) is 27.7. The van der Waals surface area contributed by atoms with Crippen LogP contribution in [0.25, 0.3) is 0 Å². The lowest BCUT2D eigenvalue weighted by atomic mass is 9.79. The highest BCUT2D eigenvalue weighted by Crippen LogP contribution is 2.38. The van der Waals surface area contributed by atoms with Crippen molar-refractivity contribution in [1.82, 2.24) is 0 Å². The molecular formula is C26H30BNO2. The van der Waals surface area contributed by atoms with E-state index in [1.807, 2.05) is 6.07 Å². The molecule has 1 aliphatic heterocycles. The molecule has 0 unspecified atom stereocenters. The minimum absolute atomic E-state index is 0.359. The molecule has 0 atom stereocenters. The highest BCUT2D eigenvalue weighted by atomic mass is 16.7. The maximum atomic E-state index is 6.29. The lowest BCUT2D eigenvalue weighted by Crippen LogP contribution is -2.41. The van der Waals surface area contributed by atoms with Crippen molar-refractivity contribution >= 4 is 29.6 Å². The summed E-state index contributed by atoms with van der Waals surface area (Å²) in [5, 5.41) is 0. The summed E-state index contributed by atoms with van der Waals surface area (Å²) in [5.41, 5.74) is 4.98. The maximum Gasteiger partial charge on any atom is 0.494 e. The van der Waals surface area contributed by atoms with E-state index < -0.39 is 0 Å². The molecule has 0 aliphatic carbocycles. The van der Waals surface area contributed by atoms with Gasteiger partial charge in [0.1, 0.15) is 0 Å². The minimum atomic E-state index is -0.380. The summed E-state index contributed by atoms with van der Waals surface area (Å²) in [4.78, 5) is 2.29. The van der Waals surface area contributed by atoms with Crippen LogP contribution >= 0.6 is 0 Å². The van der Waals surface area contributed by atoms with Crippen LogP contribution in [-0.4, -0.2) is 18.3 Å². The van der Waals surface area contributed by atoms with Gasteiger partial charge in [-0.3, -0.25) is 0 Å². The van der Waals surface area contributed by atoms with Crippen LogP contribution in [0.3, 0.4) is 0 Å². The van der Waals surface area contributed by atoms with Crippen molar-refractivity contribution in [2.24, 2.45) is 0 Å². The van der Waals surface area contributed by atoms with E-state index in [1.54, 1.807) is 0 Å². The average molecular weight is 399 g/mol. The van der Waals surface area contributed by atoms with Gasteiger partial charge in [0.25, 0.3) is 0 Å². The number of rotatable bonds is 5. The second kappa shape index (κ2) is 7.94. The standard InChI is InChI=1S/C26H30BNO2/c1-6-20-12-10-16-23(18-20)28(22-14-8-7-9-15-22)24-17-11-13-21(19-24)27-29-25(2,3)26(4,5)30-27/h7-19H,6H2,1-5H3.